The summed E-state index contributed by atoms with van der Waals surface area (Å²) in [7, 11) is 0. The number of ether oxygens (including phenoxy) is 1. The van der Waals surface area contributed by atoms with Gasteiger partial charge in [-0.05, 0) is 42.2 Å². The normalized spacial score (nSPS) is 19.5. The van der Waals surface area contributed by atoms with Gasteiger partial charge in [0.1, 0.15) is 29.0 Å². The summed E-state index contributed by atoms with van der Waals surface area (Å²) in [6.07, 6.45) is 1.14. The number of hydrogen-bond donors (Lipinski definition) is 3. The van der Waals surface area contributed by atoms with E-state index < -0.39 is 6.04 Å². The summed E-state index contributed by atoms with van der Waals surface area (Å²) in [6, 6.07) is 17.7. The Labute approximate surface area is 180 Å². The minimum atomic E-state index is -0.498. The molecule has 0 amide bonds. The Morgan fingerprint density at radius 1 is 1.03 bits per heavy atom. The van der Waals surface area contributed by atoms with Gasteiger partial charge in [-0.25, -0.2) is 0 Å². The number of benzene rings is 2. The fourth-order valence-corrected chi connectivity index (χ4v) is 4.31. The number of aromatic hydroxyl groups is 1. The number of carbonyl (C=O) groups excluding carboxylic acids is 1. The Kier molecular flexibility index (Phi) is 4.50. The van der Waals surface area contributed by atoms with Crippen LogP contribution in [0.3, 0.4) is 0 Å². The highest BCUT2D eigenvalue weighted by Gasteiger charge is 2.40. The smallest absolute Gasteiger partial charge is 0.290 e. The van der Waals surface area contributed by atoms with E-state index in [2.05, 4.69) is 24.5 Å². The average molecular weight is 416 g/mol. The van der Waals surface area contributed by atoms with Crippen molar-refractivity contribution in [3.8, 4) is 17.4 Å². The first-order valence-electron chi connectivity index (χ1n) is 10.3. The molecule has 0 fully saturated rings. The maximum absolute atomic E-state index is 13.2. The molecule has 0 radical (unpaired) electrons. The molecule has 0 saturated heterocycles. The highest BCUT2D eigenvalue weighted by Crippen LogP contribution is 2.47. The highest BCUT2D eigenvalue weighted by molar-refractivity contribution is 6.01. The second kappa shape index (κ2) is 7.23. The molecule has 6 heteroatoms. The number of phenolic OH excluding ortho intramolecular Hbond substituents is 1. The third-order valence-corrected chi connectivity index (χ3v) is 5.68. The number of phenols is 1. The summed E-state index contributed by atoms with van der Waals surface area (Å²) in [6.45, 7) is 4.16. The van der Waals surface area contributed by atoms with Gasteiger partial charge >= 0.3 is 0 Å². The maximum atomic E-state index is 13.2. The lowest BCUT2D eigenvalue weighted by Crippen LogP contribution is -2.31. The molecular weight excluding hydrogens is 392 g/mol. The van der Waals surface area contributed by atoms with Crippen LogP contribution in [0.4, 0.5) is 11.4 Å². The van der Waals surface area contributed by atoms with Crippen LogP contribution in [0.2, 0.25) is 0 Å². The maximum Gasteiger partial charge on any atom is 0.290 e. The first kappa shape index (κ1) is 19.3. The molecule has 3 N–H and O–H groups in total. The molecule has 31 heavy (non-hydrogen) atoms. The Morgan fingerprint density at radius 3 is 2.65 bits per heavy atom. The van der Waals surface area contributed by atoms with Crippen molar-refractivity contribution in [3.63, 3.8) is 0 Å². The number of nitrogens with one attached hydrogen (secondary N) is 2. The molecule has 1 aromatic heterocycles. The number of fused-ring (bicyclic) bond motifs is 1. The Bertz CT molecular complexity index is 1180. The van der Waals surface area contributed by atoms with Crippen molar-refractivity contribution in [3.05, 3.63) is 77.7 Å². The standard InChI is InChI=1S/C25H24N2O4/c1-25(2)13-17-22(19(29)14-25)24(26-16-9-6-10-18(28)23(16)27-17)20-11-12-21(31-20)30-15-7-4-3-5-8-15/h3-12,24,26-28H,13-14H2,1-2H3. The van der Waals surface area contributed by atoms with Gasteiger partial charge in [-0.1, -0.05) is 38.1 Å². The lowest BCUT2D eigenvalue weighted by Gasteiger charge is -2.33. The molecule has 5 rings (SSSR count). The quantitative estimate of drug-likeness (QED) is 0.454. The number of rotatable bonds is 3. The van der Waals surface area contributed by atoms with Crippen molar-refractivity contribution in [2.45, 2.75) is 32.7 Å². The highest BCUT2D eigenvalue weighted by atomic mass is 16.6. The van der Waals surface area contributed by atoms with Gasteiger partial charge in [0.2, 0.25) is 0 Å². The van der Waals surface area contributed by atoms with E-state index in [-0.39, 0.29) is 16.9 Å². The van der Waals surface area contributed by atoms with Gasteiger partial charge in [-0.2, -0.15) is 0 Å². The second-order valence-corrected chi connectivity index (χ2v) is 8.81. The van der Waals surface area contributed by atoms with Crippen molar-refractivity contribution in [2.75, 3.05) is 10.6 Å². The number of para-hydroxylation sites is 2. The SMILES string of the molecule is CC1(C)CC(=O)C2=C(C1)Nc1c(O)cccc1NC2c1ccc(Oc2ccccc2)o1. The zero-order valence-electron chi connectivity index (χ0n) is 17.4. The molecule has 1 unspecified atom stereocenters. The monoisotopic (exact) mass is 416 g/mol. The molecular formula is C25H24N2O4. The summed E-state index contributed by atoms with van der Waals surface area (Å²) < 4.78 is 11.8. The summed E-state index contributed by atoms with van der Waals surface area (Å²) in [5, 5.41) is 17.2. The lowest BCUT2D eigenvalue weighted by atomic mass is 9.74. The topological polar surface area (TPSA) is 83.7 Å². The van der Waals surface area contributed by atoms with Crippen LogP contribution in [0.25, 0.3) is 0 Å². The number of anilines is 2. The summed E-state index contributed by atoms with van der Waals surface area (Å²) in [5.74, 6) is 1.78. The minimum absolute atomic E-state index is 0.0606. The fraction of sp³-hybridized carbons (Fsp3) is 0.240. The largest absolute Gasteiger partial charge is 0.506 e. The molecule has 1 aliphatic carbocycles. The molecule has 0 saturated carbocycles. The van der Waals surface area contributed by atoms with E-state index in [9.17, 15) is 9.90 Å². The van der Waals surface area contributed by atoms with Gasteiger partial charge in [0.25, 0.3) is 5.95 Å². The van der Waals surface area contributed by atoms with Gasteiger partial charge in [0.15, 0.2) is 5.78 Å². The van der Waals surface area contributed by atoms with E-state index >= 15 is 0 Å². The van der Waals surface area contributed by atoms with Crippen LogP contribution in [0.15, 0.2) is 76.4 Å². The van der Waals surface area contributed by atoms with Crippen molar-refractivity contribution in [1.29, 1.82) is 0 Å². The first-order chi connectivity index (χ1) is 14.9. The second-order valence-electron chi connectivity index (χ2n) is 8.81. The van der Waals surface area contributed by atoms with Crippen molar-refractivity contribution in [1.82, 2.24) is 0 Å². The van der Waals surface area contributed by atoms with Crippen LogP contribution in [-0.4, -0.2) is 10.9 Å². The number of Topliss-reactive ketones (excluding diaryl/α,β-unsaturated/α-hetero) is 1. The minimum Gasteiger partial charge on any atom is -0.506 e. The molecule has 6 nitrogen and oxygen atoms in total. The molecule has 2 heterocycles. The Hall–Kier alpha value is -3.67. The molecule has 3 aromatic rings. The summed E-state index contributed by atoms with van der Waals surface area (Å²) in [4.78, 5) is 13.2. The Morgan fingerprint density at radius 2 is 1.84 bits per heavy atom. The van der Waals surface area contributed by atoms with Crippen LogP contribution < -0.4 is 15.4 Å². The van der Waals surface area contributed by atoms with Crippen LogP contribution in [0, 0.1) is 5.41 Å². The Balaban J connectivity index is 1.57. The predicted molar refractivity (Wildman–Crippen MR) is 118 cm³/mol. The third kappa shape index (κ3) is 3.65. The van der Waals surface area contributed by atoms with Crippen LogP contribution in [-0.2, 0) is 4.79 Å². The number of allylic oxidation sites excluding steroid dienone is 1. The number of carbonyl (C=O) groups is 1. The average Bonchev–Trinajstić information content (AvgIpc) is 3.10. The van der Waals surface area contributed by atoms with Crippen molar-refractivity contribution in [2.24, 2.45) is 5.41 Å². The summed E-state index contributed by atoms with van der Waals surface area (Å²) in [5.41, 5.74) is 2.53. The fourth-order valence-electron chi connectivity index (χ4n) is 4.31. The molecule has 1 aliphatic heterocycles. The van der Waals surface area contributed by atoms with E-state index in [1.54, 1.807) is 18.2 Å². The van der Waals surface area contributed by atoms with E-state index in [1.165, 1.54) is 0 Å². The molecule has 1 atom stereocenters. The molecule has 158 valence electrons. The van der Waals surface area contributed by atoms with Gasteiger partial charge in [0, 0.05) is 23.8 Å². The van der Waals surface area contributed by atoms with E-state index in [1.807, 2.05) is 42.5 Å². The van der Waals surface area contributed by atoms with E-state index in [4.69, 9.17) is 9.15 Å². The van der Waals surface area contributed by atoms with Crippen LogP contribution in [0.5, 0.6) is 17.4 Å². The van der Waals surface area contributed by atoms with Crippen LogP contribution >= 0.6 is 0 Å². The van der Waals surface area contributed by atoms with Crippen LogP contribution in [0.1, 0.15) is 38.5 Å². The zero-order valence-corrected chi connectivity index (χ0v) is 17.4. The molecule has 2 aliphatic rings. The predicted octanol–water partition coefficient (Wildman–Crippen LogP) is 6.00. The summed E-state index contributed by atoms with van der Waals surface area (Å²) >= 11 is 0. The van der Waals surface area contributed by atoms with Crippen molar-refractivity contribution < 1.29 is 19.1 Å². The zero-order chi connectivity index (χ0) is 21.6. The van der Waals surface area contributed by atoms with E-state index in [0.29, 0.717) is 47.2 Å². The van der Waals surface area contributed by atoms with Gasteiger partial charge < -0.3 is 24.9 Å². The van der Waals surface area contributed by atoms with Gasteiger partial charge in [-0.3, -0.25) is 4.79 Å². The van der Waals surface area contributed by atoms with E-state index in [0.717, 1.165) is 5.70 Å². The molecule has 0 bridgehead atoms. The van der Waals surface area contributed by atoms with Gasteiger partial charge in [0.05, 0.1) is 5.69 Å². The molecule has 2 aromatic carbocycles. The molecule has 0 spiro atoms. The van der Waals surface area contributed by atoms with Gasteiger partial charge in [-0.15, -0.1) is 0 Å². The lowest BCUT2D eigenvalue weighted by molar-refractivity contribution is -0.118. The van der Waals surface area contributed by atoms with Crippen molar-refractivity contribution >= 4 is 17.2 Å². The number of ketones is 1. The number of hydrogen-bond acceptors (Lipinski definition) is 6. The third-order valence-electron chi connectivity index (χ3n) is 5.68. The number of furan rings is 1. The first-order valence-corrected chi connectivity index (χ1v) is 10.3.